The molecule has 0 aliphatic carbocycles. The molecular weight excluding hydrogens is 423 g/mol. The van der Waals surface area contributed by atoms with Crippen LogP contribution >= 0.6 is 15.9 Å². The fourth-order valence-corrected chi connectivity index (χ4v) is 2.63. The van der Waals surface area contributed by atoms with Gasteiger partial charge in [0.2, 0.25) is 0 Å². The second-order valence-electron chi connectivity index (χ2n) is 4.77. The second-order valence-corrected chi connectivity index (χ2v) is 7.01. The Balaban J connectivity index is 2.14. The van der Waals surface area contributed by atoms with E-state index in [-0.39, 0.29) is 29.0 Å². The Bertz CT molecular complexity index is 872. The molecule has 0 atom stereocenters. The van der Waals surface area contributed by atoms with Crippen molar-refractivity contribution in [3.63, 3.8) is 0 Å². The van der Waals surface area contributed by atoms with Gasteiger partial charge in [0, 0.05) is 6.54 Å². The van der Waals surface area contributed by atoms with Crippen LogP contribution < -0.4 is 15.3 Å². The Hall–Kier alpha value is -1.93. The minimum atomic E-state index is -3.77. The van der Waals surface area contributed by atoms with Gasteiger partial charge in [0.1, 0.15) is 11.5 Å². The van der Waals surface area contributed by atoms with Gasteiger partial charge in [-0.25, -0.2) is 23.9 Å². The molecule has 25 heavy (non-hydrogen) atoms. The van der Waals surface area contributed by atoms with Gasteiger partial charge in [0.25, 0.3) is 10.2 Å². The number of rotatable bonds is 7. The van der Waals surface area contributed by atoms with Gasteiger partial charge in [0.15, 0.2) is 11.5 Å². The lowest BCUT2D eigenvalue weighted by atomic mass is 10.2. The Morgan fingerprint density at radius 3 is 2.84 bits per heavy atom. The SMILES string of the molecule is NS(=O)(=O)NCCCc1nonc1C(=Nc1ccc(F)c(Br)c1)NO. The number of aliphatic imine (C=N–C) groups is 1. The van der Waals surface area contributed by atoms with Crippen LogP contribution in [-0.2, 0) is 16.6 Å². The maximum Gasteiger partial charge on any atom is 0.274 e. The average Bonchev–Trinajstić information content (AvgIpc) is 3.00. The van der Waals surface area contributed by atoms with Gasteiger partial charge in [-0.15, -0.1) is 0 Å². The molecule has 2 aromatic rings. The van der Waals surface area contributed by atoms with Crippen molar-refractivity contribution in [1.82, 2.24) is 20.5 Å². The van der Waals surface area contributed by atoms with Crippen molar-refractivity contribution in [2.45, 2.75) is 12.8 Å². The summed E-state index contributed by atoms with van der Waals surface area (Å²) >= 11 is 3.04. The first-order valence-corrected chi connectivity index (χ1v) is 9.17. The molecule has 5 N–H and O–H groups in total. The standard InChI is InChI=1S/C12H14BrFN6O4S/c13-8-6-7(3-4-9(8)14)17-12(18-21)11-10(19-24-20-11)2-1-5-16-25(15,22)23/h3-4,6,16,21H,1-2,5H2,(H,17,18)(H2,15,22,23). The molecule has 0 fully saturated rings. The molecule has 0 unspecified atom stereocenters. The van der Waals surface area contributed by atoms with Gasteiger partial charge in [-0.05, 0) is 52.1 Å². The summed E-state index contributed by atoms with van der Waals surface area (Å²) in [7, 11) is -3.77. The summed E-state index contributed by atoms with van der Waals surface area (Å²) < 4.78 is 41.8. The summed E-state index contributed by atoms with van der Waals surface area (Å²) in [5, 5.41) is 21.5. The number of aryl methyl sites for hydroxylation is 1. The zero-order valence-corrected chi connectivity index (χ0v) is 15.0. The lowest BCUT2D eigenvalue weighted by molar-refractivity contribution is 0.234. The van der Waals surface area contributed by atoms with E-state index in [9.17, 15) is 18.0 Å². The molecule has 0 aliphatic heterocycles. The maximum atomic E-state index is 13.3. The fourth-order valence-electron chi connectivity index (χ4n) is 1.84. The molecular formula is C12H14BrFN6O4S. The summed E-state index contributed by atoms with van der Waals surface area (Å²) in [6.07, 6.45) is 0.646. The number of hydrogen-bond donors (Lipinski definition) is 4. The van der Waals surface area contributed by atoms with Crippen LogP contribution in [0.15, 0.2) is 32.3 Å². The van der Waals surface area contributed by atoms with Crippen molar-refractivity contribution in [1.29, 1.82) is 0 Å². The smallest absolute Gasteiger partial charge is 0.274 e. The third kappa shape index (κ3) is 5.82. The zero-order chi connectivity index (χ0) is 18.4. The van der Waals surface area contributed by atoms with Crippen molar-refractivity contribution in [2.75, 3.05) is 6.54 Å². The number of aromatic nitrogens is 2. The molecule has 0 amide bonds. The minimum absolute atomic E-state index is 0.0610. The summed E-state index contributed by atoms with van der Waals surface area (Å²) in [4.78, 5) is 4.11. The van der Waals surface area contributed by atoms with Crippen molar-refractivity contribution in [3.05, 3.63) is 39.9 Å². The minimum Gasteiger partial charge on any atom is -0.290 e. The normalized spacial score (nSPS) is 12.4. The van der Waals surface area contributed by atoms with E-state index >= 15 is 0 Å². The highest BCUT2D eigenvalue weighted by molar-refractivity contribution is 9.10. The van der Waals surface area contributed by atoms with Crippen LogP contribution in [0.5, 0.6) is 0 Å². The molecule has 136 valence electrons. The number of amidine groups is 1. The Morgan fingerprint density at radius 1 is 1.44 bits per heavy atom. The van der Waals surface area contributed by atoms with Gasteiger partial charge in [-0.1, -0.05) is 5.16 Å². The number of nitrogens with one attached hydrogen (secondary N) is 2. The molecule has 2 rings (SSSR count). The van der Waals surface area contributed by atoms with Gasteiger partial charge in [-0.2, -0.15) is 8.42 Å². The van der Waals surface area contributed by atoms with Crippen LogP contribution in [-0.4, -0.2) is 36.3 Å². The van der Waals surface area contributed by atoms with Gasteiger partial charge >= 0.3 is 0 Å². The monoisotopic (exact) mass is 436 g/mol. The van der Waals surface area contributed by atoms with Crippen LogP contribution in [0.25, 0.3) is 0 Å². The van der Waals surface area contributed by atoms with E-state index < -0.39 is 16.0 Å². The van der Waals surface area contributed by atoms with Crippen molar-refractivity contribution in [3.8, 4) is 0 Å². The summed E-state index contributed by atoms with van der Waals surface area (Å²) in [5.41, 5.74) is 2.71. The summed E-state index contributed by atoms with van der Waals surface area (Å²) in [6, 6.07) is 4.02. The lowest BCUT2D eigenvalue weighted by Gasteiger charge is -2.04. The van der Waals surface area contributed by atoms with E-state index in [4.69, 9.17) is 5.14 Å². The van der Waals surface area contributed by atoms with E-state index in [0.717, 1.165) is 0 Å². The van der Waals surface area contributed by atoms with Gasteiger partial charge in [-0.3, -0.25) is 10.7 Å². The molecule has 0 spiro atoms. The van der Waals surface area contributed by atoms with Crippen molar-refractivity contribution < 1.29 is 22.6 Å². The topological polar surface area (TPSA) is 156 Å². The van der Waals surface area contributed by atoms with E-state index in [0.29, 0.717) is 17.8 Å². The lowest BCUT2D eigenvalue weighted by Crippen LogP contribution is -2.31. The highest BCUT2D eigenvalue weighted by Crippen LogP contribution is 2.22. The van der Waals surface area contributed by atoms with E-state index in [1.54, 1.807) is 0 Å². The van der Waals surface area contributed by atoms with Crippen molar-refractivity contribution in [2.24, 2.45) is 10.1 Å². The second kappa shape index (κ2) is 8.44. The van der Waals surface area contributed by atoms with Crippen LogP contribution in [0, 0.1) is 5.82 Å². The first-order chi connectivity index (χ1) is 11.8. The van der Waals surface area contributed by atoms with Gasteiger partial charge < -0.3 is 0 Å². The number of hydrogen-bond acceptors (Lipinski definition) is 7. The molecule has 0 saturated heterocycles. The predicted octanol–water partition coefficient (Wildman–Crippen LogP) is 0.754. The third-order valence-corrected chi connectivity index (χ3v) is 4.14. The average molecular weight is 437 g/mol. The Kier molecular flexibility index (Phi) is 6.55. The summed E-state index contributed by atoms with van der Waals surface area (Å²) in [6.45, 7) is 0.0923. The van der Waals surface area contributed by atoms with E-state index in [2.05, 4.69) is 40.6 Å². The first kappa shape index (κ1) is 19.4. The third-order valence-electron chi connectivity index (χ3n) is 2.92. The number of nitrogens with zero attached hydrogens (tertiary/aromatic N) is 3. The first-order valence-electron chi connectivity index (χ1n) is 6.83. The molecule has 1 heterocycles. The Morgan fingerprint density at radius 2 is 2.20 bits per heavy atom. The highest BCUT2D eigenvalue weighted by atomic mass is 79.9. The van der Waals surface area contributed by atoms with E-state index in [1.807, 2.05) is 5.48 Å². The van der Waals surface area contributed by atoms with E-state index in [1.165, 1.54) is 18.2 Å². The molecule has 1 aromatic carbocycles. The molecule has 13 heteroatoms. The van der Waals surface area contributed by atoms with Crippen LogP contribution in [0.2, 0.25) is 0 Å². The largest absolute Gasteiger partial charge is 0.290 e. The van der Waals surface area contributed by atoms with Crippen LogP contribution in [0.4, 0.5) is 10.1 Å². The Labute approximate surface area is 150 Å². The molecule has 0 radical (unpaired) electrons. The van der Waals surface area contributed by atoms with Crippen molar-refractivity contribution >= 4 is 37.7 Å². The van der Waals surface area contributed by atoms with Crippen LogP contribution in [0.1, 0.15) is 17.8 Å². The maximum absolute atomic E-state index is 13.3. The molecule has 0 aliphatic rings. The fraction of sp³-hybridized carbons (Fsp3) is 0.250. The number of benzene rings is 1. The molecule has 0 saturated carbocycles. The highest BCUT2D eigenvalue weighted by Gasteiger charge is 2.16. The molecule has 1 aromatic heterocycles. The number of nitrogens with two attached hydrogens (primary N) is 1. The van der Waals surface area contributed by atoms with Gasteiger partial charge in [0.05, 0.1) is 10.2 Å². The quantitative estimate of drug-likeness (QED) is 0.216. The zero-order valence-electron chi connectivity index (χ0n) is 12.6. The predicted molar refractivity (Wildman–Crippen MR) is 88.9 cm³/mol. The molecule has 10 nitrogen and oxygen atoms in total. The number of hydroxylamine groups is 1. The number of halogens is 2. The molecule has 0 bridgehead atoms. The summed E-state index contributed by atoms with van der Waals surface area (Å²) in [5.74, 6) is -0.516. The van der Waals surface area contributed by atoms with Crippen LogP contribution in [0.3, 0.4) is 0 Å².